The Morgan fingerprint density at radius 1 is 1.35 bits per heavy atom. The smallest absolute Gasteiger partial charge is 0.194 e. The molecular weight excluding hydrogens is 294 g/mol. The highest BCUT2D eigenvalue weighted by molar-refractivity contribution is 7.18. The van der Waals surface area contributed by atoms with E-state index in [2.05, 4.69) is 6.07 Å². The maximum atomic E-state index is 12.3. The Morgan fingerprint density at radius 3 is 2.55 bits per heavy atom. The molecule has 1 aromatic heterocycles. The molecular formula is C15H12ClNO2S. The van der Waals surface area contributed by atoms with E-state index in [-0.39, 0.29) is 5.78 Å². The molecule has 2 rings (SSSR count). The molecule has 0 saturated carbocycles. The summed E-state index contributed by atoms with van der Waals surface area (Å²) in [5.41, 5.74) is 0.658. The first-order valence-corrected chi connectivity index (χ1v) is 7.27. The zero-order valence-electron chi connectivity index (χ0n) is 10.8. The van der Waals surface area contributed by atoms with Crippen molar-refractivity contribution in [1.82, 2.24) is 0 Å². The Morgan fingerprint density at radius 2 is 2.05 bits per heavy atom. The van der Waals surface area contributed by atoms with Gasteiger partial charge < -0.3 is 4.74 Å². The van der Waals surface area contributed by atoms with Gasteiger partial charge in [-0.25, -0.2) is 0 Å². The van der Waals surface area contributed by atoms with Gasteiger partial charge in [-0.05, 0) is 36.8 Å². The van der Waals surface area contributed by atoms with Crippen LogP contribution in [0.4, 0.5) is 0 Å². The van der Waals surface area contributed by atoms with E-state index in [1.54, 1.807) is 36.4 Å². The summed E-state index contributed by atoms with van der Waals surface area (Å²) in [7, 11) is 0. The van der Waals surface area contributed by atoms with E-state index in [0.717, 1.165) is 5.75 Å². The highest BCUT2D eigenvalue weighted by Crippen LogP contribution is 2.28. The van der Waals surface area contributed by atoms with Crippen molar-refractivity contribution in [2.75, 3.05) is 6.61 Å². The van der Waals surface area contributed by atoms with Crippen LogP contribution < -0.4 is 4.74 Å². The van der Waals surface area contributed by atoms with Crippen molar-refractivity contribution in [3.8, 4) is 11.8 Å². The lowest BCUT2D eigenvalue weighted by Crippen LogP contribution is -2.09. The molecule has 1 atom stereocenters. The molecule has 0 aliphatic rings. The van der Waals surface area contributed by atoms with Gasteiger partial charge in [-0.15, -0.1) is 11.3 Å². The predicted molar refractivity (Wildman–Crippen MR) is 79.6 cm³/mol. The minimum Gasteiger partial charge on any atom is -0.494 e. The maximum absolute atomic E-state index is 12.3. The standard InChI is InChI=1S/C15H12ClNO2S/c1-2-19-11-5-3-10(4-6-11)12(9-17)15(18)13-7-8-14(16)20-13/h3-8,12H,2H2,1H3. The second-order valence-electron chi connectivity index (χ2n) is 4.03. The molecule has 0 aliphatic carbocycles. The van der Waals surface area contributed by atoms with Crippen molar-refractivity contribution in [2.24, 2.45) is 0 Å². The minimum absolute atomic E-state index is 0.228. The molecule has 0 amide bonds. The second-order valence-corrected chi connectivity index (χ2v) is 5.75. The summed E-state index contributed by atoms with van der Waals surface area (Å²) in [4.78, 5) is 12.8. The molecule has 0 spiro atoms. The van der Waals surface area contributed by atoms with E-state index in [4.69, 9.17) is 16.3 Å². The van der Waals surface area contributed by atoms with Gasteiger partial charge in [0.25, 0.3) is 0 Å². The number of Topliss-reactive ketones (excluding diaryl/α,β-unsaturated/α-hetero) is 1. The van der Waals surface area contributed by atoms with E-state index < -0.39 is 5.92 Å². The van der Waals surface area contributed by atoms with Crippen molar-refractivity contribution >= 4 is 28.7 Å². The van der Waals surface area contributed by atoms with Crippen LogP contribution in [0.1, 0.15) is 28.1 Å². The third-order valence-corrected chi connectivity index (χ3v) is 3.98. The summed E-state index contributed by atoms with van der Waals surface area (Å²) in [5, 5.41) is 9.26. The number of nitrogens with zero attached hydrogens (tertiary/aromatic N) is 1. The molecule has 2 aromatic rings. The summed E-state index contributed by atoms with van der Waals surface area (Å²) in [6.07, 6.45) is 0. The van der Waals surface area contributed by atoms with Crippen LogP contribution in [0, 0.1) is 11.3 Å². The molecule has 1 heterocycles. The largest absolute Gasteiger partial charge is 0.494 e. The zero-order chi connectivity index (χ0) is 14.5. The molecule has 0 radical (unpaired) electrons. The molecule has 102 valence electrons. The number of hydrogen-bond donors (Lipinski definition) is 0. The average Bonchev–Trinajstić information content (AvgIpc) is 2.88. The molecule has 0 saturated heterocycles. The SMILES string of the molecule is CCOc1ccc(C(C#N)C(=O)c2ccc(Cl)s2)cc1. The van der Waals surface area contributed by atoms with E-state index in [1.807, 2.05) is 6.92 Å². The highest BCUT2D eigenvalue weighted by Gasteiger charge is 2.23. The number of rotatable bonds is 5. The number of thiophene rings is 1. The number of carbonyl (C=O) groups is 1. The first-order chi connectivity index (χ1) is 9.65. The first-order valence-electron chi connectivity index (χ1n) is 6.07. The zero-order valence-corrected chi connectivity index (χ0v) is 12.4. The fourth-order valence-electron chi connectivity index (χ4n) is 1.80. The van der Waals surface area contributed by atoms with E-state index in [9.17, 15) is 10.1 Å². The number of carbonyl (C=O) groups excluding carboxylic acids is 1. The molecule has 0 bridgehead atoms. The van der Waals surface area contributed by atoms with Crippen LogP contribution in [-0.2, 0) is 0 Å². The van der Waals surface area contributed by atoms with Crippen LogP contribution in [0.25, 0.3) is 0 Å². The van der Waals surface area contributed by atoms with Crippen molar-refractivity contribution < 1.29 is 9.53 Å². The van der Waals surface area contributed by atoms with E-state index in [1.165, 1.54) is 11.3 Å². The van der Waals surface area contributed by atoms with Crippen LogP contribution in [0.15, 0.2) is 36.4 Å². The van der Waals surface area contributed by atoms with Gasteiger partial charge >= 0.3 is 0 Å². The third-order valence-electron chi connectivity index (χ3n) is 2.73. The first kappa shape index (κ1) is 14.6. The molecule has 3 nitrogen and oxygen atoms in total. The topological polar surface area (TPSA) is 50.1 Å². The fourth-order valence-corrected chi connectivity index (χ4v) is 2.81. The number of ketones is 1. The van der Waals surface area contributed by atoms with Crippen LogP contribution in [-0.4, -0.2) is 12.4 Å². The summed E-state index contributed by atoms with van der Waals surface area (Å²) >= 11 is 7.01. The lowest BCUT2D eigenvalue weighted by molar-refractivity contribution is 0.0982. The van der Waals surface area contributed by atoms with Gasteiger partial charge in [0.05, 0.1) is 21.9 Å². The molecule has 1 unspecified atom stereocenters. The average molecular weight is 306 g/mol. The normalized spacial score (nSPS) is 11.7. The molecule has 1 aromatic carbocycles. The second kappa shape index (κ2) is 6.56. The quantitative estimate of drug-likeness (QED) is 0.774. The molecule has 5 heteroatoms. The van der Waals surface area contributed by atoms with Crippen molar-refractivity contribution in [3.05, 3.63) is 51.2 Å². The number of ether oxygens (including phenoxy) is 1. The Hall–Kier alpha value is -1.83. The molecule has 20 heavy (non-hydrogen) atoms. The summed E-state index contributed by atoms with van der Waals surface area (Å²) in [6.45, 7) is 2.48. The minimum atomic E-state index is -0.819. The third kappa shape index (κ3) is 3.19. The van der Waals surface area contributed by atoms with Crippen LogP contribution in [0.5, 0.6) is 5.75 Å². The number of nitriles is 1. The van der Waals surface area contributed by atoms with Gasteiger partial charge in [0.2, 0.25) is 0 Å². The lowest BCUT2D eigenvalue weighted by atomic mass is 9.95. The number of halogens is 1. The monoisotopic (exact) mass is 305 g/mol. The van der Waals surface area contributed by atoms with Gasteiger partial charge in [0.1, 0.15) is 11.7 Å². The van der Waals surface area contributed by atoms with Crippen LogP contribution in [0.3, 0.4) is 0 Å². The van der Waals surface area contributed by atoms with Crippen molar-refractivity contribution in [2.45, 2.75) is 12.8 Å². The van der Waals surface area contributed by atoms with Crippen LogP contribution >= 0.6 is 22.9 Å². The van der Waals surface area contributed by atoms with Gasteiger partial charge in [0, 0.05) is 0 Å². The molecule has 0 fully saturated rings. The number of hydrogen-bond acceptors (Lipinski definition) is 4. The Labute approximate surface area is 126 Å². The summed E-state index contributed by atoms with van der Waals surface area (Å²) < 4.78 is 5.88. The van der Waals surface area contributed by atoms with Crippen molar-refractivity contribution in [1.29, 1.82) is 5.26 Å². The Bertz CT molecular complexity index is 643. The molecule has 0 aliphatic heterocycles. The van der Waals surface area contributed by atoms with Crippen molar-refractivity contribution in [3.63, 3.8) is 0 Å². The fraction of sp³-hybridized carbons (Fsp3) is 0.200. The predicted octanol–water partition coefficient (Wildman–Crippen LogP) is 4.29. The van der Waals surface area contributed by atoms with Gasteiger partial charge in [-0.2, -0.15) is 5.26 Å². The van der Waals surface area contributed by atoms with Crippen LogP contribution in [0.2, 0.25) is 4.34 Å². The van der Waals surface area contributed by atoms with Gasteiger partial charge in [-0.1, -0.05) is 23.7 Å². The van der Waals surface area contributed by atoms with Gasteiger partial charge in [0.15, 0.2) is 5.78 Å². The summed E-state index contributed by atoms with van der Waals surface area (Å²) in [6, 6.07) is 12.4. The van der Waals surface area contributed by atoms with Gasteiger partial charge in [-0.3, -0.25) is 4.79 Å². The van der Waals surface area contributed by atoms with E-state index >= 15 is 0 Å². The molecule has 0 N–H and O–H groups in total. The van der Waals surface area contributed by atoms with E-state index in [0.29, 0.717) is 21.4 Å². The Balaban J connectivity index is 2.24. The Kier molecular flexibility index (Phi) is 4.78. The summed E-state index contributed by atoms with van der Waals surface area (Å²) in [5.74, 6) is -0.325. The lowest BCUT2D eigenvalue weighted by Gasteiger charge is -2.08. The number of benzene rings is 1. The maximum Gasteiger partial charge on any atom is 0.194 e. The highest BCUT2D eigenvalue weighted by atomic mass is 35.5.